The van der Waals surface area contributed by atoms with Crippen molar-refractivity contribution in [1.29, 1.82) is 0 Å². The summed E-state index contributed by atoms with van der Waals surface area (Å²) in [6.07, 6.45) is 4.69. The first-order valence-corrected chi connectivity index (χ1v) is 15.2. The molecule has 0 unspecified atom stereocenters. The van der Waals surface area contributed by atoms with Crippen LogP contribution in [0.2, 0.25) is 0 Å². The predicted molar refractivity (Wildman–Crippen MR) is 189 cm³/mol. The largest absolute Gasteiger partial charge is 3.00 e. The number of esters is 1. The van der Waals surface area contributed by atoms with Gasteiger partial charge in [-0.15, -0.1) is 0 Å². The standard InChI is InChI=1S/C18H18N2O4.2C11H9N.Ir/c1-13(2)17(21)23-11-10-20-18(22)24-15-7-5-6-14(12-15)16-8-3-4-9-19-16;2*1-2-6-10(7-3-1)11-8-4-5-9-12-11;/h3-9,12H,1,10-11H2,2H3,(H,20,22);2*1-9H;/q;;;+3. The summed E-state index contributed by atoms with van der Waals surface area (Å²) in [5.41, 5.74) is 6.32. The van der Waals surface area contributed by atoms with E-state index < -0.39 is 12.1 Å². The molecule has 1 amide bonds. The van der Waals surface area contributed by atoms with Crippen LogP contribution in [0.3, 0.4) is 0 Å². The van der Waals surface area contributed by atoms with Crippen LogP contribution in [-0.2, 0) is 29.6 Å². The number of benzene rings is 3. The Kier molecular flexibility index (Phi) is 16.3. The first kappa shape index (κ1) is 37.7. The van der Waals surface area contributed by atoms with E-state index in [4.69, 9.17) is 9.47 Å². The molecule has 0 atom stereocenters. The van der Waals surface area contributed by atoms with Gasteiger partial charge in [-0.05, 0) is 55.5 Å². The van der Waals surface area contributed by atoms with Crippen molar-refractivity contribution in [2.45, 2.75) is 6.92 Å². The first-order valence-electron chi connectivity index (χ1n) is 15.2. The van der Waals surface area contributed by atoms with Crippen molar-refractivity contribution in [1.82, 2.24) is 20.3 Å². The summed E-state index contributed by atoms with van der Waals surface area (Å²) in [4.78, 5) is 35.7. The average molecular weight is 829 g/mol. The van der Waals surface area contributed by atoms with Crippen LogP contribution >= 0.6 is 0 Å². The Labute approximate surface area is 300 Å². The van der Waals surface area contributed by atoms with E-state index in [1.54, 1.807) is 31.3 Å². The van der Waals surface area contributed by atoms with Gasteiger partial charge in [0, 0.05) is 40.9 Å². The van der Waals surface area contributed by atoms with Gasteiger partial charge >= 0.3 is 32.2 Å². The number of carbonyl (C=O) groups excluding carboxylic acids is 2. The fourth-order valence-corrected chi connectivity index (χ4v) is 4.10. The van der Waals surface area contributed by atoms with E-state index in [9.17, 15) is 9.59 Å². The molecular weight excluding hydrogens is 793 g/mol. The van der Waals surface area contributed by atoms with Crippen molar-refractivity contribution in [3.05, 3.63) is 170 Å². The fourth-order valence-electron chi connectivity index (χ4n) is 4.10. The van der Waals surface area contributed by atoms with Crippen LogP contribution in [-0.4, -0.2) is 40.2 Å². The van der Waals surface area contributed by atoms with Crippen LogP contribution in [0.5, 0.6) is 5.75 Å². The maximum atomic E-state index is 11.7. The third-order valence-corrected chi connectivity index (χ3v) is 6.43. The summed E-state index contributed by atoms with van der Waals surface area (Å²) in [7, 11) is 0. The van der Waals surface area contributed by atoms with Crippen LogP contribution < -0.4 is 10.1 Å². The minimum absolute atomic E-state index is 0. The molecule has 0 fully saturated rings. The van der Waals surface area contributed by atoms with Crippen molar-refractivity contribution in [2.24, 2.45) is 0 Å². The average Bonchev–Trinajstić information content (AvgIpc) is 3.16. The number of nitrogens with one attached hydrogen (secondary N) is 1. The summed E-state index contributed by atoms with van der Waals surface area (Å²) in [5, 5.41) is 2.50. The molecule has 0 aliphatic heterocycles. The minimum atomic E-state index is -0.625. The molecule has 49 heavy (non-hydrogen) atoms. The number of ether oxygens (including phenoxy) is 2. The Hall–Kier alpha value is -5.76. The first-order chi connectivity index (χ1) is 23.5. The number of amides is 1. The summed E-state index contributed by atoms with van der Waals surface area (Å²) >= 11 is 0. The molecule has 8 nitrogen and oxygen atoms in total. The SMILES string of the molecule is C=C(C)C(=O)OCCNC(=O)Oc1cccc(-c2ccccn2)c1.[Ir+3].c1ccc(-c2ccccn2)cc1.c1ccc(-c2ccccn2)cc1. The van der Waals surface area contributed by atoms with Crippen molar-refractivity contribution >= 4 is 12.1 Å². The third kappa shape index (κ3) is 13.5. The minimum Gasteiger partial charge on any atom is -0.460 e. The summed E-state index contributed by atoms with van der Waals surface area (Å²) in [6.45, 7) is 5.22. The Balaban J connectivity index is 0.000000217. The van der Waals surface area contributed by atoms with E-state index in [0.717, 1.165) is 33.8 Å². The van der Waals surface area contributed by atoms with Crippen molar-refractivity contribution in [3.63, 3.8) is 0 Å². The molecule has 0 aliphatic carbocycles. The van der Waals surface area contributed by atoms with E-state index in [0.29, 0.717) is 11.3 Å². The quantitative estimate of drug-likeness (QED) is 0.0934. The Morgan fingerprint density at radius 2 is 1.06 bits per heavy atom. The second-order valence-electron chi connectivity index (χ2n) is 10.1. The second kappa shape index (κ2) is 21.2. The Morgan fingerprint density at radius 3 is 1.51 bits per heavy atom. The fraction of sp³-hybridized carbons (Fsp3) is 0.0750. The maximum Gasteiger partial charge on any atom is 3.00 e. The molecule has 246 valence electrons. The smallest absolute Gasteiger partial charge is 0.460 e. The van der Waals surface area contributed by atoms with Crippen LogP contribution in [0.15, 0.2) is 170 Å². The van der Waals surface area contributed by atoms with Gasteiger partial charge in [-0.25, -0.2) is 9.59 Å². The van der Waals surface area contributed by atoms with Gasteiger partial charge in [0.15, 0.2) is 0 Å². The zero-order chi connectivity index (χ0) is 33.8. The predicted octanol–water partition coefficient (Wildman–Crippen LogP) is 8.45. The molecule has 3 aromatic heterocycles. The van der Waals surface area contributed by atoms with Crippen molar-refractivity contribution in [2.75, 3.05) is 13.2 Å². The molecule has 6 rings (SSSR count). The molecule has 0 spiro atoms. The third-order valence-electron chi connectivity index (χ3n) is 6.43. The molecule has 0 saturated carbocycles. The molecule has 1 N–H and O–H groups in total. The number of carbonyl (C=O) groups is 2. The normalized spacial score (nSPS) is 9.57. The number of aromatic nitrogens is 3. The molecule has 0 saturated heterocycles. The van der Waals surface area contributed by atoms with Crippen LogP contribution in [0, 0.1) is 0 Å². The van der Waals surface area contributed by atoms with Crippen LogP contribution in [0.1, 0.15) is 6.92 Å². The number of nitrogens with zero attached hydrogens (tertiary/aromatic N) is 3. The van der Waals surface area contributed by atoms with Gasteiger partial charge in [0.2, 0.25) is 0 Å². The molecule has 9 heteroatoms. The zero-order valence-corrected chi connectivity index (χ0v) is 29.3. The van der Waals surface area contributed by atoms with Gasteiger partial charge < -0.3 is 14.8 Å². The van der Waals surface area contributed by atoms with Gasteiger partial charge in [0.05, 0.1) is 23.6 Å². The van der Waals surface area contributed by atoms with Crippen molar-refractivity contribution in [3.8, 4) is 39.5 Å². The summed E-state index contributed by atoms with van der Waals surface area (Å²) < 4.78 is 10.1. The molecule has 0 aliphatic rings. The van der Waals surface area contributed by atoms with Gasteiger partial charge in [0.25, 0.3) is 0 Å². The van der Waals surface area contributed by atoms with Gasteiger partial charge in [-0.2, -0.15) is 0 Å². The maximum absolute atomic E-state index is 11.7. The van der Waals surface area contributed by atoms with E-state index in [1.165, 1.54) is 0 Å². The van der Waals surface area contributed by atoms with Gasteiger partial charge in [-0.3, -0.25) is 15.0 Å². The van der Waals surface area contributed by atoms with Gasteiger partial charge in [-0.1, -0.05) is 97.6 Å². The number of pyridine rings is 3. The van der Waals surface area contributed by atoms with Crippen molar-refractivity contribution < 1.29 is 39.2 Å². The monoisotopic (exact) mass is 829 g/mol. The second-order valence-corrected chi connectivity index (χ2v) is 10.1. The molecule has 0 radical (unpaired) electrons. The van der Waals surface area contributed by atoms with E-state index in [2.05, 4.69) is 51.1 Å². The molecule has 0 bridgehead atoms. The molecular formula is C40H36IrN4O4+3. The topological polar surface area (TPSA) is 103 Å². The molecule has 6 aromatic rings. The van der Waals surface area contributed by atoms with E-state index in [1.807, 2.05) is 109 Å². The number of rotatable bonds is 8. The Morgan fingerprint density at radius 1 is 0.612 bits per heavy atom. The Bertz CT molecular complexity index is 1700. The van der Waals surface area contributed by atoms with E-state index >= 15 is 0 Å². The zero-order valence-electron chi connectivity index (χ0n) is 26.9. The number of hydrogen-bond acceptors (Lipinski definition) is 7. The number of hydrogen-bond donors (Lipinski definition) is 1. The summed E-state index contributed by atoms with van der Waals surface area (Å²) in [5.74, 6) is -0.0946. The van der Waals surface area contributed by atoms with Crippen LogP contribution in [0.25, 0.3) is 33.8 Å². The summed E-state index contributed by atoms with van der Waals surface area (Å²) in [6, 6.07) is 44.8. The van der Waals surface area contributed by atoms with Gasteiger partial charge in [0.1, 0.15) is 12.4 Å². The van der Waals surface area contributed by atoms with Crippen LogP contribution in [0.4, 0.5) is 4.79 Å². The molecule has 3 heterocycles. The molecule has 3 aromatic carbocycles. The van der Waals surface area contributed by atoms with E-state index in [-0.39, 0.29) is 33.3 Å².